The second kappa shape index (κ2) is 5.83. The SMILES string of the molecule is CCOC(=O)C(C)(C)N(C)CC1CCN(C)C1. The number of esters is 1. The minimum atomic E-state index is -0.531. The third-order valence-corrected chi connectivity index (χ3v) is 3.75. The molecule has 1 aliphatic rings. The Balaban J connectivity index is 2.50. The maximum Gasteiger partial charge on any atom is 0.325 e. The van der Waals surface area contributed by atoms with E-state index in [0.29, 0.717) is 12.5 Å². The summed E-state index contributed by atoms with van der Waals surface area (Å²) in [7, 11) is 4.16. The lowest BCUT2D eigenvalue weighted by Gasteiger charge is -2.34. The third kappa shape index (κ3) is 3.68. The third-order valence-electron chi connectivity index (χ3n) is 3.75. The largest absolute Gasteiger partial charge is 0.465 e. The van der Waals surface area contributed by atoms with E-state index in [1.54, 1.807) is 0 Å². The van der Waals surface area contributed by atoms with Gasteiger partial charge in [0.15, 0.2) is 0 Å². The van der Waals surface area contributed by atoms with Crippen LogP contribution in [0.1, 0.15) is 27.2 Å². The molecule has 1 fully saturated rings. The number of ether oxygens (including phenoxy) is 1. The first-order chi connectivity index (χ1) is 7.87. The number of likely N-dealkylation sites (N-methyl/N-ethyl adjacent to an activating group) is 1. The van der Waals surface area contributed by atoms with Gasteiger partial charge in [0.05, 0.1) is 6.61 Å². The zero-order chi connectivity index (χ0) is 13.1. The fourth-order valence-electron chi connectivity index (χ4n) is 2.25. The molecule has 17 heavy (non-hydrogen) atoms. The zero-order valence-electron chi connectivity index (χ0n) is 11.8. The molecule has 1 unspecified atom stereocenters. The fraction of sp³-hybridized carbons (Fsp3) is 0.923. The molecule has 0 spiro atoms. The van der Waals surface area contributed by atoms with Crippen molar-refractivity contribution in [3.05, 3.63) is 0 Å². The van der Waals surface area contributed by atoms with E-state index in [2.05, 4.69) is 16.8 Å². The summed E-state index contributed by atoms with van der Waals surface area (Å²) < 4.78 is 5.12. The Morgan fingerprint density at radius 2 is 2.18 bits per heavy atom. The van der Waals surface area contributed by atoms with Gasteiger partial charge in [0.2, 0.25) is 0 Å². The number of rotatable bonds is 5. The van der Waals surface area contributed by atoms with Crippen molar-refractivity contribution in [3.63, 3.8) is 0 Å². The van der Waals surface area contributed by atoms with Crippen molar-refractivity contribution in [2.45, 2.75) is 32.7 Å². The standard InChI is InChI=1S/C13H26N2O2/c1-6-17-12(16)13(2,3)15(5)10-11-7-8-14(4)9-11/h11H,6-10H2,1-5H3. The molecule has 0 radical (unpaired) electrons. The summed E-state index contributed by atoms with van der Waals surface area (Å²) in [6, 6.07) is 0. The van der Waals surface area contributed by atoms with Crippen LogP contribution < -0.4 is 0 Å². The van der Waals surface area contributed by atoms with E-state index in [4.69, 9.17) is 4.74 Å². The van der Waals surface area contributed by atoms with Gasteiger partial charge in [0.1, 0.15) is 5.54 Å². The van der Waals surface area contributed by atoms with Crippen LogP contribution in [0.3, 0.4) is 0 Å². The maximum absolute atomic E-state index is 11.9. The average Bonchev–Trinajstić information content (AvgIpc) is 2.64. The van der Waals surface area contributed by atoms with E-state index in [1.165, 1.54) is 13.0 Å². The van der Waals surface area contributed by atoms with Crippen LogP contribution in [0.5, 0.6) is 0 Å². The highest BCUT2D eigenvalue weighted by atomic mass is 16.5. The van der Waals surface area contributed by atoms with E-state index in [9.17, 15) is 4.79 Å². The number of likely N-dealkylation sites (tertiary alicyclic amines) is 1. The Morgan fingerprint density at radius 3 is 2.65 bits per heavy atom. The van der Waals surface area contributed by atoms with Gasteiger partial charge in [-0.05, 0) is 53.8 Å². The predicted octanol–water partition coefficient (Wildman–Crippen LogP) is 1.21. The Morgan fingerprint density at radius 1 is 1.53 bits per heavy atom. The summed E-state index contributed by atoms with van der Waals surface area (Å²) >= 11 is 0. The molecule has 0 bridgehead atoms. The van der Waals surface area contributed by atoms with Crippen molar-refractivity contribution in [3.8, 4) is 0 Å². The Labute approximate surface area is 105 Å². The lowest BCUT2D eigenvalue weighted by Crippen LogP contribution is -2.50. The molecule has 4 heteroatoms. The number of carbonyl (C=O) groups excluding carboxylic acids is 1. The molecule has 0 amide bonds. The molecule has 1 saturated heterocycles. The summed E-state index contributed by atoms with van der Waals surface area (Å²) in [4.78, 5) is 16.3. The molecule has 100 valence electrons. The van der Waals surface area contributed by atoms with Crippen molar-refractivity contribution in [1.29, 1.82) is 0 Å². The summed E-state index contributed by atoms with van der Waals surface area (Å²) in [5, 5.41) is 0. The van der Waals surface area contributed by atoms with E-state index in [1.807, 2.05) is 27.8 Å². The summed E-state index contributed by atoms with van der Waals surface area (Å²) in [6.45, 7) is 9.41. The van der Waals surface area contributed by atoms with Crippen LogP contribution in [0.15, 0.2) is 0 Å². The normalized spacial score (nSPS) is 22.1. The van der Waals surface area contributed by atoms with Crippen molar-refractivity contribution in [2.24, 2.45) is 5.92 Å². The number of hydrogen-bond donors (Lipinski definition) is 0. The van der Waals surface area contributed by atoms with E-state index in [-0.39, 0.29) is 5.97 Å². The van der Waals surface area contributed by atoms with E-state index < -0.39 is 5.54 Å². The van der Waals surface area contributed by atoms with Gasteiger partial charge < -0.3 is 9.64 Å². The van der Waals surface area contributed by atoms with Gasteiger partial charge in [-0.2, -0.15) is 0 Å². The van der Waals surface area contributed by atoms with Crippen LogP contribution in [-0.4, -0.2) is 61.6 Å². The van der Waals surface area contributed by atoms with Crippen LogP contribution in [0.2, 0.25) is 0 Å². The fourth-order valence-corrected chi connectivity index (χ4v) is 2.25. The predicted molar refractivity (Wildman–Crippen MR) is 68.9 cm³/mol. The second-order valence-electron chi connectivity index (χ2n) is 5.58. The van der Waals surface area contributed by atoms with Gasteiger partial charge >= 0.3 is 5.97 Å². The molecule has 0 aromatic heterocycles. The molecule has 1 atom stereocenters. The monoisotopic (exact) mass is 242 g/mol. The molecule has 0 aromatic rings. The molecular formula is C13H26N2O2. The lowest BCUT2D eigenvalue weighted by atomic mass is 10.0. The maximum atomic E-state index is 11.9. The lowest BCUT2D eigenvalue weighted by molar-refractivity contribution is -0.155. The first-order valence-electron chi connectivity index (χ1n) is 6.45. The molecule has 1 aliphatic heterocycles. The second-order valence-corrected chi connectivity index (χ2v) is 5.58. The Kier molecular flexibility index (Phi) is 4.95. The van der Waals surface area contributed by atoms with Crippen LogP contribution >= 0.6 is 0 Å². The molecular weight excluding hydrogens is 216 g/mol. The van der Waals surface area contributed by atoms with E-state index >= 15 is 0 Å². The van der Waals surface area contributed by atoms with E-state index in [0.717, 1.165) is 13.1 Å². The van der Waals surface area contributed by atoms with Crippen LogP contribution in [0.25, 0.3) is 0 Å². The van der Waals surface area contributed by atoms with Gasteiger partial charge in [-0.1, -0.05) is 0 Å². The van der Waals surface area contributed by atoms with Gasteiger partial charge in [-0.25, -0.2) is 0 Å². The molecule has 1 heterocycles. The minimum Gasteiger partial charge on any atom is -0.465 e. The van der Waals surface area contributed by atoms with Crippen molar-refractivity contribution >= 4 is 5.97 Å². The van der Waals surface area contributed by atoms with Gasteiger partial charge in [-0.3, -0.25) is 9.69 Å². The Bertz CT molecular complexity index is 266. The van der Waals surface area contributed by atoms with Crippen LogP contribution in [-0.2, 0) is 9.53 Å². The topological polar surface area (TPSA) is 32.8 Å². The molecule has 0 N–H and O–H groups in total. The first kappa shape index (κ1) is 14.5. The van der Waals surface area contributed by atoms with Gasteiger partial charge in [0, 0.05) is 13.1 Å². The highest BCUT2D eigenvalue weighted by Crippen LogP contribution is 2.21. The zero-order valence-corrected chi connectivity index (χ0v) is 11.8. The first-order valence-corrected chi connectivity index (χ1v) is 6.45. The Hall–Kier alpha value is -0.610. The summed E-state index contributed by atoms with van der Waals surface area (Å²) in [5.74, 6) is 0.535. The van der Waals surface area contributed by atoms with Crippen molar-refractivity contribution in [1.82, 2.24) is 9.80 Å². The minimum absolute atomic E-state index is 0.131. The van der Waals surface area contributed by atoms with Gasteiger partial charge in [0.25, 0.3) is 0 Å². The molecule has 0 aromatic carbocycles. The van der Waals surface area contributed by atoms with Gasteiger partial charge in [-0.15, -0.1) is 0 Å². The summed E-state index contributed by atoms with van der Waals surface area (Å²) in [6.07, 6.45) is 1.22. The van der Waals surface area contributed by atoms with Crippen molar-refractivity contribution in [2.75, 3.05) is 40.3 Å². The number of carbonyl (C=O) groups is 1. The number of hydrogen-bond acceptors (Lipinski definition) is 4. The quantitative estimate of drug-likeness (QED) is 0.679. The molecule has 1 rings (SSSR count). The summed E-state index contributed by atoms with van der Waals surface area (Å²) in [5.41, 5.74) is -0.531. The highest BCUT2D eigenvalue weighted by Gasteiger charge is 2.35. The smallest absolute Gasteiger partial charge is 0.325 e. The van der Waals surface area contributed by atoms with Crippen LogP contribution in [0.4, 0.5) is 0 Å². The molecule has 0 saturated carbocycles. The number of nitrogens with zero attached hydrogens (tertiary/aromatic N) is 2. The van der Waals surface area contributed by atoms with Crippen LogP contribution in [0, 0.1) is 5.92 Å². The molecule has 4 nitrogen and oxygen atoms in total. The molecule has 0 aliphatic carbocycles. The average molecular weight is 242 g/mol. The highest BCUT2D eigenvalue weighted by molar-refractivity contribution is 5.79. The van der Waals surface area contributed by atoms with Crippen molar-refractivity contribution < 1.29 is 9.53 Å².